The van der Waals surface area contributed by atoms with Gasteiger partial charge in [0.15, 0.2) is 6.10 Å². The number of esters is 1. The van der Waals surface area contributed by atoms with E-state index in [1.54, 1.807) is 18.2 Å². The summed E-state index contributed by atoms with van der Waals surface area (Å²) in [7, 11) is -5.88. The summed E-state index contributed by atoms with van der Waals surface area (Å²) in [5.74, 6) is -1.17. The van der Waals surface area contributed by atoms with E-state index in [0.717, 1.165) is 0 Å². The molecule has 1 aromatic carbocycles. The van der Waals surface area contributed by atoms with Crippen molar-refractivity contribution in [3.63, 3.8) is 0 Å². The Labute approximate surface area is 119 Å². The van der Waals surface area contributed by atoms with E-state index in [4.69, 9.17) is 0 Å². The molecule has 9 heteroatoms. The van der Waals surface area contributed by atoms with E-state index in [2.05, 4.69) is 8.92 Å². The SMILES string of the molecule is CCOC(=O)[C@@H](Cc1ccccc1)OS(=O)(=O)C(F)(F)F. The largest absolute Gasteiger partial charge is 0.523 e. The average Bonchev–Trinajstić information content (AvgIpc) is 2.38. The lowest BCUT2D eigenvalue weighted by Crippen LogP contribution is -2.36. The Morgan fingerprint density at radius 2 is 1.81 bits per heavy atom. The number of benzene rings is 1. The Bertz CT molecular complexity index is 568. The zero-order valence-electron chi connectivity index (χ0n) is 11.0. The Morgan fingerprint density at radius 1 is 1.24 bits per heavy atom. The van der Waals surface area contributed by atoms with E-state index in [-0.39, 0.29) is 13.0 Å². The monoisotopic (exact) mass is 326 g/mol. The van der Waals surface area contributed by atoms with Gasteiger partial charge in [-0.15, -0.1) is 0 Å². The molecule has 0 aromatic heterocycles. The van der Waals surface area contributed by atoms with E-state index in [0.29, 0.717) is 5.56 Å². The van der Waals surface area contributed by atoms with Gasteiger partial charge in [-0.25, -0.2) is 8.98 Å². The van der Waals surface area contributed by atoms with Crippen molar-refractivity contribution in [2.24, 2.45) is 0 Å². The van der Waals surface area contributed by atoms with Crippen molar-refractivity contribution in [1.82, 2.24) is 0 Å². The molecule has 0 saturated carbocycles. The molecular weight excluding hydrogens is 313 g/mol. The van der Waals surface area contributed by atoms with Crippen LogP contribution in [0.2, 0.25) is 0 Å². The number of carbonyl (C=O) groups is 1. The van der Waals surface area contributed by atoms with Crippen LogP contribution in [0.4, 0.5) is 13.2 Å². The molecule has 0 aliphatic heterocycles. The zero-order valence-corrected chi connectivity index (χ0v) is 11.8. The molecule has 0 aliphatic carbocycles. The predicted molar refractivity (Wildman–Crippen MR) is 66.6 cm³/mol. The zero-order chi connectivity index (χ0) is 16.1. The molecule has 0 amide bonds. The van der Waals surface area contributed by atoms with Crippen molar-refractivity contribution in [3.05, 3.63) is 35.9 Å². The number of ether oxygens (including phenoxy) is 1. The minimum atomic E-state index is -5.88. The highest BCUT2D eigenvalue weighted by Gasteiger charge is 2.49. The van der Waals surface area contributed by atoms with Crippen molar-refractivity contribution in [1.29, 1.82) is 0 Å². The molecule has 0 radical (unpaired) electrons. The van der Waals surface area contributed by atoms with E-state index in [1.807, 2.05) is 0 Å². The van der Waals surface area contributed by atoms with Gasteiger partial charge in [-0.1, -0.05) is 30.3 Å². The van der Waals surface area contributed by atoms with Gasteiger partial charge in [-0.2, -0.15) is 21.6 Å². The van der Waals surface area contributed by atoms with Crippen LogP contribution in [0.15, 0.2) is 30.3 Å². The summed E-state index contributed by atoms with van der Waals surface area (Å²) in [6.45, 7) is 1.33. The Morgan fingerprint density at radius 3 is 2.29 bits per heavy atom. The molecule has 118 valence electrons. The lowest BCUT2D eigenvalue weighted by Gasteiger charge is -2.17. The maximum Gasteiger partial charge on any atom is 0.523 e. The standard InChI is InChI=1S/C12H13F3O5S/c1-2-19-11(16)10(8-9-6-4-3-5-7-9)20-21(17,18)12(13,14)15/h3-7,10H,2,8H2,1H3/t10-/m1/s1. The summed E-state index contributed by atoms with van der Waals surface area (Å²) >= 11 is 0. The van der Waals surface area contributed by atoms with E-state index in [1.165, 1.54) is 19.1 Å². The van der Waals surface area contributed by atoms with Crippen LogP contribution >= 0.6 is 0 Å². The molecular formula is C12H13F3O5S. The summed E-state index contributed by atoms with van der Waals surface area (Å²) in [5, 5.41) is 0. The van der Waals surface area contributed by atoms with Gasteiger partial charge in [-0.05, 0) is 12.5 Å². The fourth-order valence-corrected chi connectivity index (χ4v) is 1.99. The number of halogens is 3. The molecule has 0 unspecified atom stereocenters. The third-order valence-electron chi connectivity index (χ3n) is 2.34. The number of hydrogen-bond donors (Lipinski definition) is 0. The molecule has 1 rings (SSSR count). The van der Waals surface area contributed by atoms with Gasteiger partial charge in [0.2, 0.25) is 0 Å². The fraction of sp³-hybridized carbons (Fsp3) is 0.417. The van der Waals surface area contributed by atoms with Crippen LogP contribution < -0.4 is 0 Å². The first kappa shape index (κ1) is 17.4. The second-order valence-electron chi connectivity index (χ2n) is 3.93. The first-order valence-corrected chi connectivity index (χ1v) is 7.28. The molecule has 0 N–H and O–H groups in total. The molecule has 0 fully saturated rings. The van der Waals surface area contributed by atoms with Crippen LogP contribution in [0.3, 0.4) is 0 Å². The smallest absolute Gasteiger partial charge is 0.464 e. The lowest BCUT2D eigenvalue weighted by atomic mass is 10.1. The average molecular weight is 326 g/mol. The van der Waals surface area contributed by atoms with Crippen molar-refractivity contribution in [2.75, 3.05) is 6.61 Å². The van der Waals surface area contributed by atoms with Crippen molar-refractivity contribution in [2.45, 2.75) is 25.0 Å². The molecule has 21 heavy (non-hydrogen) atoms. The van der Waals surface area contributed by atoms with Gasteiger partial charge in [0.1, 0.15) is 0 Å². The van der Waals surface area contributed by atoms with E-state index in [9.17, 15) is 26.4 Å². The van der Waals surface area contributed by atoms with Crippen LogP contribution in [0.25, 0.3) is 0 Å². The van der Waals surface area contributed by atoms with Crippen molar-refractivity contribution in [3.8, 4) is 0 Å². The Balaban J connectivity index is 2.96. The maximum absolute atomic E-state index is 12.3. The highest BCUT2D eigenvalue weighted by molar-refractivity contribution is 7.87. The third-order valence-corrected chi connectivity index (χ3v) is 3.39. The number of hydrogen-bond acceptors (Lipinski definition) is 5. The highest BCUT2D eigenvalue weighted by atomic mass is 32.2. The first-order valence-electron chi connectivity index (χ1n) is 5.87. The number of carbonyl (C=O) groups excluding carboxylic acids is 1. The molecule has 0 aliphatic rings. The summed E-state index contributed by atoms with van der Waals surface area (Å²) in [6, 6.07) is 7.90. The van der Waals surface area contributed by atoms with Gasteiger partial charge in [0.25, 0.3) is 0 Å². The summed E-state index contributed by atoms with van der Waals surface area (Å²) in [5.41, 5.74) is -5.16. The predicted octanol–water partition coefficient (Wildman–Crippen LogP) is 2.03. The van der Waals surface area contributed by atoms with Gasteiger partial charge in [0.05, 0.1) is 6.61 Å². The van der Waals surface area contributed by atoms with Crippen LogP contribution in [-0.4, -0.2) is 32.6 Å². The Hall–Kier alpha value is -1.61. The first-order chi connectivity index (χ1) is 9.67. The second kappa shape index (κ2) is 6.90. The van der Waals surface area contributed by atoms with Gasteiger partial charge in [0, 0.05) is 6.42 Å². The quantitative estimate of drug-likeness (QED) is 0.454. The van der Waals surface area contributed by atoms with Gasteiger partial charge in [-0.3, -0.25) is 0 Å². The lowest BCUT2D eigenvalue weighted by molar-refractivity contribution is -0.152. The van der Waals surface area contributed by atoms with Crippen LogP contribution in [-0.2, 0) is 30.3 Å². The fourth-order valence-electron chi connectivity index (χ4n) is 1.43. The summed E-state index contributed by atoms with van der Waals surface area (Å²) in [6.07, 6.45) is -2.24. The van der Waals surface area contributed by atoms with E-state index < -0.39 is 27.7 Å². The molecule has 0 heterocycles. The summed E-state index contributed by atoms with van der Waals surface area (Å²) < 4.78 is 67.5. The van der Waals surface area contributed by atoms with Gasteiger partial charge < -0.3 is 4.74 Å². The third kappa shape index (κ3) is 5.01. The molecule has 1 aromatic rings. The molecule has 5 nitrogen and oxygen atoms in total. The van der Waals surface area contributed by atoms with Crippen LogP contribution in [0.5, 0.6) is 0 Å². The van der Waals surface area contributed by atoms with Gasteiger partial charge >= 0.3 is 21.6 Å². The summed E-state index contributed by atoms with van der Waals surface area (Å²) in [4.78, 5) is 11.6. The minimum Gasteiger partial charge on any atom is -0.464 e. The highest BCUT2D eigenvalue weighted by Crippen LogP contribution is 2.26. The molecule has 1 atom stereocenters. The normalized spacial score (nSPS) is 13.7. The molecule has 0 bridgehead atoms. The van der Waals surface area contributed by atoms with Crippen molar-refractivity contribution < 1.29 is 35.3 Å². The van der Waals surface area contributed by atoms with E-state index >= 15 is 0 Å². The maximum atomic E-state index is 12.3. The minimum absolute atomic E-state index is 0.112. The molecule has 0 spiro atoms. The van der Waals surface area contributed by atoms with Crippen LogP contribution in [0.1, 0.15) is 12.5 Å². The Kier molecular flexibility index (Phi) is 5.73. The number of alkyl halides is 3. The van der Waals surface area contributed by atoms with Crippen LogP contribution in [0, 0.1) is 0 Å². The molecule has 0 saturated heterocycles. The topological polar surface area (TPSA) is 69.7 Å². The van der Waals surface area contributed by atoms with Crippen molar-refractivity contribution >= 4 is 16.1 Å². The second-order valence-corrected chi connectivity index (χ2v) is 5.49. The number of rotatable bonds is 6.